The molecule has 0 saturated carbocycles. The molecule has 1 atom stereocenters. The maximum absolute atomic E-state index is 12.5. The van der Waals surface area contributed by atoms with E-state index in [4.69, 9.17) is 0 Å². The van der Waals surface area contributed by atoms with E-state index < -0.39 is 15.9 Å². The molecule has 0 saturated heterocycles. The molecule has 1 aliphatic rings. The number of sulfonamides is 1. The van der Waals surface area contributed by atoms with Gasteiger partial charge in [0.05, 0.1) is 9.77 Å². The number of benzene rings is 1. The van der Waals surface area contributed by atoms with Gasteiger partial charge < -0.3 is 0 Å². The second-order valence-corrected chi connectivity index (χ2v) is 9.52. The Bertz CT molecular complexity index is 916. The van der Waals surface area contributed by atoms with Gasteiger partial charge in [0.15, 0.2) is 0 Å². The minimum atomic E-state index is -3.80. The van der Waals surface area contributed by atoms with Gasteiger partial charge in [0.25, 0.3) is 15.9 Å². The molecule has 3 rings (SSSR count). The zero-order valence-electron chi connectivity index (χ0n) is 14.5. The number of carbonyl (C=O) groups excluding carboxylic acids is 1. The van der Waals surface area contributed by atoms with E-state index in [0.717, 1.165) is 24.8 Å². The van der Waals surface area contributed by atoms with Crippen LogP contribution in [-0.4, -0.2) is 14.3 Å². The van der Waals surface area contributed by atoms with E-state index in [0.29, 0.717) is 16.4 Å². The van der Waals surface area contributed by atoms with Crippen LogP contribution < -0.4 is 10.3 Å². The third-order valence-corrected chi connectivity index (χ3v) is 7.11. The highest BCUT2D eigenvalue weighted by atomic mass is 32.2. The van der Waals surface area contributed by atoms with Gasteiger partial charge in [-0.3, -0.25) is 10.2 Å². The molecule has 7 heteroatoms. The van der Waals surface area contributed by atoms with Gasteiger partial charge in [-0.2, -0.15) is 0 Å². The minimum Gasteiger partial charge on any atom is -0.273 e. The summed E-state index contributed by atoms with van der Waals surface area (Å²) in [6.07, 6.45) is 3.10. The van der Waals surface area contributed by atoms with Crippen molar-refractivity contribution in [1.82, 2.24) is 10.3 Å². The van der Waals surface area contributed by atoms with Gasteiger partial charge in [-0.15, -0.1) is 16.2 Å². The van der Waals surface area contributed by atoms with Gasteiger partial charge in [0, 0.05) is 4.88 Å². The number of fused-ring (bicyclic) bond motifs is 1. The third kappa shape index (κ3) is 3.94. The molecule has 0 aliphatic heterocycles. The summed E-state index contributed by atoms with van der Waals surface area (Å²) in [5.41, 5.74) is 5.03. The van der Waals surface area contributed by atoms with Gasteiger partial charge in [0.2, 0.25) is 0 Å². The summed E-state index contributed by atoms with van der Waals surface area (Å²) in [6, 6.07) is 7.08. The molecular formula is C18H22N2O3S2. The molecule has 1 aromatic heterocycles. The van der Waals surface area contributed by atoms with Gasteiger partial charge in [0.1, 0.15) is 0 Å². The van der Waals surface area contributed by atoms with Crippen LogP contribution >= 0.6 is 11.3 Å². The number of amides is 1. The van der Waals surface area contributed by atoms with Gasteiger partial charge in [-0.1, -0.05) is 19.1 Å². The van der Waals surface area contributed by atoms with Crippen molar-refractivity contribution in [2.75, 3.05) is 0 Å². The van der Waals surface area contributed by atoms with Crippen molar-refractivity contribution in [1.29, 1.82) is 0 Å². The van der Waals surface area contributed by atoms with Crippen molar-refractivity contribution in [2.24, 2.45) is 5.92 Å². The number of carbonyl (C=O) groups is 1. The molecule has 1 heterocycles. The van der Waals surface area contributed by atoms with Crippen molar-refractivity contribution in [3.63, 3.8) is 0 Å². The fourth-order valence-electron chi connectivity index (χ4n) is 3.04. The average molecular weight is 379 g/mol. The Morgan fingerprint density at radius 3 is 2.76 bits per heavy atom. The SMILES string of the molecule is Cc1ccc(C)c(S(=O)(=O)NNC(=O)c2cc3c(s2)CCC(C)C3)c1. The van der Waals surface area contributed by atoms with Crippen molar-refractivity contribution in [3.05, 3.63) is 50.7 Å². The monoisotopic (exact) mass is 378 g/mol. The molecule has 0 bridgehead atoms. The first-order chi connectivity index (χ1) is 11.8. The minimum absolute atomic E-state index is 0.173. The first-order valence-corrected chi connectivity index (χ1v) is 10.6. The van der Waals surface area contributed by atoms with Crippen LogP contribution in [0.2, 0.25) is 0 Å². The van der Waals surface area contributed by atoms with Crippen LogP contribution in [0.1, 0.15) is 44.6 Å². The van der Waals surface area contributed by atoms with Crippen LogP contribution in [0.3, 0.4) is 0 Å². The first kappa shape index (κ1) is 18.1. The van der Waals surface area contributed by atoms with Crippen LogP contribution in [0.4, 0.5) is 0 Å². The Morgan fingerprint density at radius 2 is 2.00 bits per heavy atom. The molecule has 2 aromatic rings. The van der Waals surface area contributed by atoms with Gasteiger partial charge in [-0.05, 0) is 67.9 Å². The maximum Gasteiger partial charge on any atom is 0.276 e. The molecule has 1 amide bonds. The summed E-state index contributed by atoms with van der Waals surface area (Å²) >= 11 is 1.45. The highest BCUT2D eigenvalue weighted by Gasteiger charge is 2.22. The summed E-state index contributed by atoms with van der Waals surface area (Å²) in [5, 5.41) is 0. The Hall–Kier alpha value is -1.70. The fourth-order valence-corrected chi connectivity index (χ4v) is 5.32. The van der Waals surface area contributed by atoms with E-state index in [1.54, 1.807) is 19.1 Å². The highest BCUT2D eigenvalue weighted by molar-refractivity contribution is 7.89. The Balaban J connectivity index is 1.73. The lowest BCUT2D eigenvalue weighted by Gasteiger charge is -2.16. The predicted molar refractivity (Wildman–Crippen MR) is 99.2 cm³/mol. The molecule has 0 radical (unpaired) electrons. The summed E-state index contributed by atoms with van der Waals surface area (Å²) in [6.45, 7) is 5.76. The Kier molecular flexibility index (Phi) is 4.99. The number of aryl methyl sites for hydroxylation is 3. The summed E-state index contributed by atoms with van der Waals surface area (Å²) in [5.74, 6) is 0.210. The number of hydrazine groups is 1. The maximum atomic E-state index is 12.5. The van der Waals surface area contributed by atoms with Gasteiger partial charge >= 0.3 is 0 Å². The predicted octanol–water partition coefficient (Wildman–Crippen LogP) is 3.11. The number of nitrogens with one attached hydrogen (secondary N) is 2. The second kappa shape index (κ2) is 6.90. The van der Waals surface area contributed by atoms with E-state index in [1.807, 2.05) is 19.1 Å². The molecule has 134 valence electrons. The number of thiophene rings is 1. The molecule has 0 fully saturated rings. The smallest absolute Gasteiger partial charge is 0.273 e. The number of hydrogen-bond acceptors (Lipinski definition) is 4. The summed E-state index contributed by atoms with van der Waals surface area (Å²) in [7, 11) is -3.80. The van der Waals surface area contributed by atoms with E-state index in [2.05, 4.69) is 17.2 Å². The molecule has 0 spiro atoms. The zero-order valence-corrected chi connectivity index (χ0v) is 16.2. The van der Waals surface area contributed by atoms with Crippen molar-refractivity contribution in [3.8, 4) is 0 Å². The Morgan fingerprint density at radius 1 is 1.24 bits per heavy atom. The van der Waals surface area contributed by atoms with E-state index in [-0.39, 0.29) is 4.90 Å². The molecule has 25 heavy (non-hydrogen) atoms. The molecule has 1 aliphatic carbocycles. The molecule has 2 N–H and O–H groups in total. The molecule has 5 nitrogen and oxygen atoms in total. The molecule has 1 aromatic carbocycles. The van der Waals surface area contributed by atoms with Crippen molar-refractivity contribution >= 4 is 27.3 Å². The van der Waals surface area contributed by atoms with Crippen LogP contribution in [-0.2, 0) is 22.9 Å². The van der Waals surface area contributed by atoms with Crippen LogP contribution in [0.5, 0.6) is 0 Å². The first-order valence-electron chi connectivity index (χ1n) is 8.27. The standard InChI is InChI=1S/C18H22N2O3S2/c1-11-5-7-15-14(8-11)10-16(24-15)18(21)19-20-25(22,23)17-9-12(2)4-6-13(17)3/h4,6,9-11,20H,5,7-8H2,1-3H3,(H,19,21). The highest BCUT2D eigenvalue weighted by Crippen LogP contribution is 2.32. The third-order valence-electron chi connectivity index (χ3n) is 4.49. The largest absolute Gasteiger partial charge is 0.276 e. The molecular weight excluding hydrogens is 356 g/mol. The number of hydrogen-bond donors (Lipinski definition) is 2. The van der Waals surface area contributed by atoms with Crippen LogP contribution in [0.25, 0.3) is 0 Å². The average Bonchev–Trinajstić information content (AvgIpc) is 2.98. The normalized spacial score (nSPS) is 17.2. The van der Waals surface area contributed by atoms with Crippen LogP contribution in [0.15, 0.2) is 29.2 Å². The van der Waals surface area contributed by atoms with Crippen molar-refractivity contribution < 1.29 is 13.2 Å². The van der Waals surface area contributed by atoms with Gasteiger partial charge in [-0.25, -0.2) is 8.42 Å². The van der Waals surface area contributed by atoms with Crippen molar-refractivity contribution in [2.45, 2.75) is 44.9 Å². The number of rotatable bonds is 4. The summed E-state index contributed by atoms with van der Waals surface area (Å²) < 4.78 is 24.9. The lowest BCUT2D eigenvalue weighted by atomic mass is 9.90. The van der Waals surface area contributed by atoms with E-state index >= 15 is 0 Å². The van der Waals surface area contributed by atoms with E-state index in [9.17, 15) is 13.2 Å². The lowest BCUT2D eigenvalue weighted by molar-refractivity contribution is 0.0949. The lowest BCUT2D eigenvalue weighted by Crippen LogP contribution is -2.41. The van der Waals surface area contributed by atoms with Crippen LogP contribution in [0, 0.1) is 19.8 Å². The quantitative estimate of drug-likeness (QED) is 0.803. The molecule has 1 unspecified atom stereocenters. The zero-order chi connectivity index (χ0) is 18.2. The fraction of sp³-hybridized carbons (Fsp3) is 0.389. The Labute approximate surface area is 152 Å². The second-order valence-electron chi connectivity index (χ2n) is 6.74. The summed E-state index contributed by atoms with van der Waals surface area (Å²) in [4.78, 5) is 16.5. The topological polar surface area (TPSA) is 75.3 Å². The van der Waals surface area contributed by atoms with E-state index in [1.165, 1.54) is 21.8 Å².